The highest BCUT2D eigenvalue weighted by Gasteiger charge is 2.21. The minimum absolute atomic E-state index is 0.0386. The fourth-order valence-corrected chi connectivity index (χ4v) is 3.70. The van der Waals surface area contributed by atoms with Crippen LogP contribution in [0.5, 0.6) is 5.75 Å². The van der Waals surface area contributed by atoms with Gasteiger partial charge in [0, 0.05) is 6.42 Å². The highest BCUT2D eigenvalue weighted by Crippen LogP contribution is 2.33. The molecular weight excluding hydrogens is 374 g/mol. The number of carbonyl (C=O) groups is 1. The molecule has 1 amide bonds. The third-order valence-electron chi connectivity index (χ3n) is 5.99. The molecule has 30 heavy (non-hydrogen) atoms. The van der Waals surface area contributed by atoms with Crippen molar-refractivity contribution >= 4 is 11.6 Å². The van der Waals surface area contributed by atoms with Gasteiger partial charge in [-0.2, -0.15) is 0 Å². The number of hydrogen-bond acceptors (Lipinski definition) is 3. The van der Waals surface area contributed by atoms with E-state index in [4.69, 9.17) is 4.42 Å². The first-order valence-corrected chi connectivity index (χ1v) is 10.4. The second-order valence-corrected chi connectivity index (χ2v) is 8.74. The van der Waals surface area contributed by atoms with Gasteiger partial charge in [0.05, 0.1) is 5.69 Å². The van der Waals surface area contributed by atoms with Crippen molar-refractivity contribution in [3.63, 3.8) is 0 Å². The Bertz CT molecular complexity index is 1050. The SMILES string of the molecule is CCC(C)(C)c1ccc(O)c(NC(=O)c2ccc(Cc3c(C)cc(C)cc3C)o2)c1. The summed E-state index contributed by atoms with van der Waals surface area (Å²) in [4.78, 5) is 12.7. The Morgan fingerprint density at radius 1 is 1.03 bits per heavy atom. The van der Waals surface area contributed by atoms with Crippen LogP contribution in [-0.4, -0.2) is 11.0 Å². The lowest BCUT2D eigenvalue weighted by atomic mass is 9.82. The molecule has 3 rings (SSSR count). The predicted molar refractivity (Wildman–Crippen MR) is 122 cm³/mol. The number of phenolic OH excluding ortho intramolecular Hbond substituents is 1. The number of amides is 1. The summed E-state index contributed by atoms with van der Waals surface area (Å²) >= 11 is 0. The van der Waals surface area contributed by atoms with Crippen LogP contribution in [-0.2, 0) is 11.8 Å². The average Bonchev–Trinajstić information content (AvgIpc) is 3.15. The van der Waals surface area contributed by atoms with Crippen LogP contribution in [0, 0.1) is 20.8 Å². The highest BCUT2D eigenvalue weighted by molar-refractivity contribution is 6.03. The zero-order valence-corrected chi connectivity index (χ0v) is 18.7. The van der Waals surface area contributed by atoms with E-state index in [1.807, 2.05) is 18.2 Å². The van der Waals surface area contributed by atoms with E-state index in [-0.39, 0.29) is 22.8 Å². The second kappa shape index (κ2) is 8.39. The van der Waals surface area contributed by atoms with Crippen molar-refractivity contribution in [1.82, 2.24) is 0 Å². The van der Waals surface area contributed by atoms with E-state index < -0.39 is 0 Å². The first kappa shape index (κ1) is 21.7. The van der Waals surface area contributed by atoms with Crippen LogP contribution in [0.4, 0.5) is 5.69 Å². The summed E-state index contributed by atoms with van der Waals surface area (Å²) in [5.74, 6) is 0.629. The van der Waals surface area contributed by atoms with Crippen molar-refractivity contribution in [1.29, 1.82) is 0 Å². The third kappa shape index (κ3) is 4.59. The van der Waals surface area contributed by atoms with Crippen LogP contribution in [0.2, 0.25) is 0 Å². The molecule has 0 atom stereocenters. The normalized spacial score (nSPS) is 11.5. The Morgan fingerprint density at radius 2 is 1.70 bits per heavy atom. The number of anilines is 1. The molecule has 0 unspecified atom stereocenters. The van der Waals surface area contributed by atoms with Crippen LogP contribution in [0.15, 0.2) is 46.9 Å². The van der Waals surface area contributed by atoms with Gasteiger partial charge in [0.2, 0.25) is 0 Å². The minimum atomic E-state index is -0.375. The molecule has 0 aliphatic rings. The number of furan rings is 1. The van der Waals surface area contributed by atoms with E-state index in [2.05, 4.69) is 59.0 Å². The molecule has 2 N–H and O–H groups in total. The molecule has 2 aromatic carbocycles. The van der Waals surface area contributed by atoms with Gasteiger partial charge in [0.1, 0.15) is 11.5 Å². The maximum atomic E-state index is 12.7. The molecule has 0 radical (unpaired) electrons. The molecule has 0 spiro atoms. The summed E-state index contributed by atoms with van der Waals surface area (Å²) < 4.78 is 5.83. The van der Waals surface area contributed by atoms with Crippen molar-refractivity contribution in [2.75, 3.05) is 5.32 Å². The molecular formula is C26H31NO3. The highest BCUT2D eigenvalue weighted by atomic mass is 16.3. The van der Waals surface area contributed by atoms with Gasteiger partial charge in [-0.25, -0.2) is 0 Å². The number of rotatable bonds is 6. The summed E-state index contributed by atoms with van der Waals surface area (Å²) in [6.45, 7) is 12.7. The topological polar surface area (TPSA) is 62.5 Å². The lowest BCUT2D eigenvalue weighted by Crippen LogP contribution is -2.17. The van der Waals surface area contributed by atoms with E-state index >= 15 is 0 Å². The molecule has 4 heteroatoms. The zero-order chi connectivity index (χ0) is 22.1. The molecule has 0 aliphatic heterocycles. The van der Waals surface area contributed by atoms with E-state index in [1.54, 1.807) is 12.1 Å². The third-order valence-corrected chi connectivity index (χ3v) is 5.99. The van der Waals surface area contributed by atoms with Gasteiger partial charge >= 0.3 is 0 Å². The van der Waals surface area contributed by atoms with E-state index in [9.17, 15) is 9.90 Å². The van der Waals surface area contributed by atoms with Gasteiger partial charge in [-0.05, 0) is 79.1 Å². The maximum Gasteiger partial charge on any atom is 0.291 e. The number of benzene rings is 2. The second-order valence-electron chi connectivity index (χ2n) is 8.74. The quantitative estimate of drug-likeness (QED) is 0.464. The van der Waals surface area contributed by atoms with Crippen LogP contribution < -0.4 is 5.32 Å². The molecule has 0 saturated heterocycles. The first-order valence-electron chi connectivity index (χ1n) is 10.4. The Balaban J connectivity index is 1.79. The standard InChI is InChI=1S/C26H31NO3/c1-7-26(5,6)19-8-10-23(28)22(14-19)27-25(29)24-11-9-20(30-24)15-21-17(3)12-16(2)13-18(21)4/h8-14,28H,7,15H2,1-6H3,(H,27,29). The predicted octanol–water partition coefficient (Wildman–Crippen LogP) is 6.44. The van der Waals surface area contributed by atoms with E-state index in [0.29, 0.717) is 12.1 Å². The lowest BCUT2D eigenvalue weighted by Gasteiger charge is -2.24. The van der Waals surface area contributed by atoms with Crippen molar-refractivity contribution < 1.29 is 14.3 Å². The number of aromatic hydroxyl groups is 1. The van der Waals surface area contributed by atoms with Gasteiger partial charge in [-0.15, -0.1) is 0 Å². The Hall–Kier alpha value is -3.01. The molecule has 0 aliphatic carbocycles. The fourth-order valence-electron chi connectivity index (χ4n) is 3.70. The zero-order valence-electron chi connectivity index (χ0n) is 18.7. The molecule has 0 bridgehead atoms. The summed E-state index contributed by atoms with van der Waals surface area (Å²) in [6, 6.07) is 13.2. The van der Waals surface area contributed by atoms with Crippen LogP contribution in [0.25, 0.3) is 0 Å². The fraction of sp³-hybridized carbons (Fsp3) is 0.346. The van der Waals surface area contributed by atoms with Gasteiger partial charge in [-0.1, -0.05) is 44.5 Å². The maximum absolute atomic E-state index is 12.7. The molecule has 4 nitrogen and oxygen atoms in total. The van der Waals surface area contributed by atoms with Gasteiger partial charge < -0.3 is 14.8 Å². The summed E-state index contributed by atoms with van der Waals surface area (Å²) in [5, 5.41) is 13.0. The molecule has 158 valence electrons. The van der Waals surface area contributed by atoms with Crippen LogP contribution in [0.1, 0.15) is 71.3 Å². The minimum Gasteiger partial charge on any atom is -0.506 e. The number of carbonyl (C=O) groups excluding carboxylic acids is 1. The van der Waals surface area contributed by atoms with Crippen molar-refractivity contribution in [2.45, 2.75) is 59.8 Å². The van der Waals surface area contributed by atoms with E-state index in [0.717, 1.165) is 17.7 Å². The number of phenols is 1. The smallest absolute Gasteiger partial charge is 0.291 e. The molecule has 1 aromatic heterocycles. The van der Waals surface area contributed by atoms with Crippen LogP contribution >= 0.6 is 0 Å². The van der Waals surface area contributed by atoms with Crippen molar-refractivity contribution in [2.24, 2.45) is 0 Å². The Labute approximate surface area is 178 Å². The summed E-state index contributed by atoms with van der Waals surface area (Å²) in [6.07, 6.45) is 1.58. The number of hydrogen-bond donors (Lipinski definition) is 2. The average molecular weight is 406 g/mol. The molecule has 1 heterocycles. The van der Waals surface area contributed by atoms with Gasteiger partial charge in [0.25, 0.3) is 5.91 Å². The van der Waals surface area contributed by atoms with E-state index in [1.165, 1.54) is 22.3 Å². The van der Waals surface area contributed by atoms with Crippen LogP contribution in [0.3, 0.4) is 0 Å². The number of aryl methyl sites for hydroxylation is 3. The first-order chi connectivity index (χ1) is 14.1. The summed E-state index contributed by atoms with van der Waals surface area (Å²) in [7, 11) is 0. The van der Waals surface area contributed by atoms with Crippen molar-refractivity contribution in [3.8, 4) is 5.75 Å². The molecule has 0 saturated carbocycles. The van der Waals surface area contributed by atoms with Gasteiger partial charge in [0.15, 0.2) is 5.76 Å². The number of nitrogens with one attached hydrogen (secondary N) is 1. The molecule has 3 aromatic rings. The van der Waals surface area contributed by atoms with Crippen molar-refractivity contribution in [3.05, 3.63) is 81.8 Å². The Kier molecular flexibility index (Phi) is 6.06. The molecule has 0 fully saturated rings. The Morgan fingerprint density at radius 3 is 2.33 bits per heavy atom. The monoisotopic (exact) mass is 405 g/mol. The lowest BCUT2D eigenvalue weighted by molar-refractivity contribution is 0.0994. The largest absolute Gasteiger partial charge is 0.506 e. The summed E-state index contributed by atoms with van der Waals surface area (Å²) in [5.41, 5.74) is 6.29. The van der Waals surface area contributed by atoms with Gasteiger partial charge in [-0.3, -0.25) is 4.79 Å².